The van der Waals surface area contributed by atoms with Crippen molar-refractivity contribution < 1.29 is 14.4 Å². The number of amides is 2. The molecule has 2 amide bonds. The van der Waals surface area contributed by atoms with Crippen molar-refractivity contribution in [1.82, 2.24) is 4.90 Å². The molecule has 1 aliphatic rings. The van der Waals surface area contributed by atoms with E-state index in [1.165, 1.54) is 4.90 Å². The summed E-state index contributed by atoms with van der Waals surface area (Å²) in [4.78, 5) is 36.3. The maximum absolute atomic E-state index is 11.7. The minimum Gasteiger partial charge on any atom is -0.299 e. The average molecular weight is 267 g/mol. The molecule has 0 saturated carbocycles. The number of unbranched alkanes of at least 4 members (excludes halogenated alkanes) is 2. The SMILES string of the molecule is CC1CC(=O)N(CCCCCC(=O)C(C)(C)C)C1=O. The van der Waals surface area contributed by atoms with E-state index < -0.39 is 0 Å². The lowest BCUT2D eigenvalue weighted by molar-refractivity contribution is -0.139. The molecule has 1 heterocycles. The van der Waals surface area contributed by atoms with Crippen molar-refractivity contribution in [2.24, 2.45) is 11.3 Å². The topological polar surface area (TPSA) is 54.5 Å². The van der Waals surface area contributed by atoms with Gasteiger partial charge in [-0.2, -0.15) is 0 Å². The molecule has 0 aromatic carbocycles. The van der Waals surface area contributed by atoms with E-state index in [1.807, 2.05) is 20.8 Å². The third-order valence-electron chi connectivity index (χ3n) is 3.59. The molecule has 1 atom stereocenters. The molecule has 0 radical (unpaired) electrons. The van der Waals surface area contributed by atoms with Crippen molar-refractivity contribution in [3.8, 4) is 0 Å². The number of ketones is 1. The Morgan fingerprint density at radius 2 is 1.84 bits per heavy atom. The minimum absolute atomic E-state index is 0.0456. The fourth-order valence-corrected chi connectivity index (χ4v) is 2.19. The zero-order chi connectivity index (χ0) is 14.6. The van der Waals surface area contributed by atoms with Crippen LogP contribution in [0, 0.1) is 11.3 Å². The first-order chi connectivity index (χ1) is 8.73. The van der Waals surface area contributed by atoms with E-state index in [4.69, 9.17) is 0 Å². The molecule has 0 N–H and O–H groups in total. The molecule has 0 spiro atoms. The number of carbonyl (C=O) groups excluding carboxylic acids is 3. The van der Waals surface area contributed by atoms with Crippen LogP contribution in [0.15, 0.2) is 0 Å². The van der Waals surface area contributed by atoms with Crippen molar-refractivity contribution in [1.29, 1.82) is 0 Å². The summed E-state index contributed by atoms with van der Waals surface area (Å²) in [5.74, 6) is 0.0171. The molecular formula is C15H25NO3. The molecular weight excluding hydrogens is 242 g/mol. The van der Waals surface area contributed by atoms with Crippen LogP contribution >= 0.6 is 0 Å². The van der Waals surface area contributed by atoms with Gasteiger partial charge in [0, 0.05) is 30.7 Å². The molecule has 0 aromatic rings. The second-order valence-electron chi connectivity index (χ2n) is 6.47. The monoisotopic (exact) mass is 267 g/mol. The van der Waals surface area contributed by atoms with Gasteiger partial charge >= 0.3 is 0 Å². The van der Waals surface area contributed by atoms with Gasteiger partial charge in [-0.3, -0.25) is 19.3 Å². The summed E-state index contributed by atoms with van der Waals surface area (Å²) >= 11 is 0. The van der Waals surface area contributed by atoms with Crippen molar-refractivity contribution in [2.75, 3.05) is 6.54 Å². The fraction of sp³-hybridized carbons (Fsp3) is 0.800. The Morgan fingerprint density at radius 3 is 2.32 bits per heavy atom. The zero-order valence-electron chi connectivity index (χ0n) is 12.5. The van der Waals surface area contributed by atoms with Gasteiger partial charge in [-0.1, -0.05) is 34.1 Å². The quantitative estimate of drug-likeness (QED) is 0.549. The second kappa shape index (κ2) is 6.31. The summed E-state index contributed by atoms with van der Waals surface area (Å²) < 4.78 is 0. The molecule has 0 bridgehead atoms. The highest BCUT2D eigenvalue weighted by Crippen LogP contribution is 2.21. The number of Topliss-reactive ketones (excluding diaryl/α,β-unsaturated/α-hetero) is 1. The van der Waals surface area contributed by atoms with Crippen LogP contribution in [0.1, 0.15) is 59.8 Å². The van der Waals surface area contributed by atoms with Gasteiger partial charge in [0.15, 0.2) is 0 Å². The molecule has 1 aliphatic heterocycles. The van der Waals surface area contributed by atoms with Crippen molar-refractivity contribution >= 4 is 17.6 Å². The molecule has 0 aromatic heterocycles. The largest absolute Gasteiger partial charge is 0.299 e. The summed E-state index contributed by atoms with van der Waals surface area (Å²) in [5.41, 5.74) is -0.268. The maximum atomic E-state index is 11.7. The van der Waals surface area contributed by atoms with E-state index in [0.29, 0.717) is 19.4 Å². The fourth-order valence-electron chi connectivity index (χ4n) is 2.19. The number of hydrogen-bond donors (Lipinski definition) is 0. The lowest BCUT2D eigenvalue weighted by Gasteiger charge is -2.17. The Kier molecular flexibility index (Phi) is 5.27. The van der Waals surface area contributed by atoms with Gasteiger partial charge in [0.2, 0.25) is 11.8 Å². The molecule has 19 heavy (non-hydrogen) atoms. The number of carbonyl (C=O) groups is 3. The second-order valence-corrected chi connectivity index (χ2v) is 6.47. The molecule has 4 heteroatoms. The highest BCUT2D eigenvalue weighted by Gasteiger charge is 2.34. The van der Waals surface area contributed by atoms with Crippen LogP contribution in [0.25, 0.3) is 0 Å². The number of nitrogens with zero attached hydrogens (tertiary/aromatic N) is 1. The number of hydrogen-bond acceptors (Lipinski definition) is 3. The smallest absolute Gasteiger partial charge is 0.232 e. The average Bonchev–Trinajstić information content (AvgIpc) is 2.53. The highest BCUT2D eigenvalue weighted by molar-refractivity contribution is 6.03. The molecule has 1 rings (SSSR count). The standard InChI is InChI=1S/C15H25NO3/c1-11-10-13(18)16(14(11)19)9-7-5-6-8-12(17)15(2,3)4/h11H,5-10H2,1-4H3. The van der Waals surface area contributed by atoms with Gasteiger partial charge < -0.3 is 0 Å². The van der Waals surface area contributed by atoms with E-state index in [-0.39, 0.29) is 28.9 Å². The summed E-state index contributed by atoms with van der Waals surface area (Å²) in [7, 11) is 0. The number of likely N-dealkylation sites (tertiary alicyclic amines) is 1. The minimum atomic E-state index is -0.268. The third kappa shape index (κ3) is 4.44. The Bertz CT molecular complexity index is 368. The van der Waals surface area contributed by atoms with E-state index in [2.05, 4.69) is 0 Å². The normalized spacial score (nSPS) is 20.2. The van der Waals surface area contributed by atoms with E-state index in [9.17, 15) is 14.4 Å². The van der Waals surface area contributed by atoms with Gasteiger partial charge in [-0.15, -0.1) is 0 Å². The summed E-state index contributed by atoms with van der Waals surface area (Å²) in [5, 5.41) is 0. The predicted octanol–water partition coefficient (Wildman–Crippen LogP) is 2.56. The third-order valence-corrected chi connectivity index (χ3v) is 3.59. The van der Waals surface area contributed by atoms with Gasteiger partial charge in [0.25, 0.3) is 0 Å². The molecule has 1 saturated heterocycles. The molecule has 1 unspecified atom stereocenters. The van der Waals surface area contributed by atoms with Gasteiger partial charge in [0.1, 0.15) is 5.78 Å². The number of imide groups is 1. The summed E-state index contributed by atoms with van der Waals surface area (Å²) in [6.45, 7) is 8.09. The van der Waals surface area contributed by atoms with Crippen LogP contribution in [0.3, 0.4) is 0 Å². The predicted molar refractivity (Wildman–Crippen MR) is 73.4 cm³/mol. The van der Waals surface area contributed by atoms with Crippen molar-refractivity contribution in [3.05, 3.63) is 0 Å². The van der Waals surface area contributed by atoms with Crippen LogP contribution in [0.2, 0.25) is 0 Å². The van der Waals surface area contributed by atoms with Crippen LogP contribution < -0.4 is 0 Å². The highest BCUT2D eigenvalue weighted by atomic mass is 16.2. The Hall–Kier alpha value is -1.19. The first-order valence-corrected chi connectivity index (χ1v) is 7.11. The maximum Gasteiger partial charge on any atom is 0.232 e. The molecule has 4 nitrogen and oxygen atoms in total. The zero-order valence-corrected chi connectivity index (χ0v) is 12.5. The van der Waals surface area contributed by atoms with Crippen LogP contribution in [-0.4, -0.2) is 29.0 Å². The van der Waals surface area contributed by atoms with Crippen molar-refractivity contribution in [2.45, 2.75) is 59.8 Å². The Labute approximate surface area is 115 Å². The first kappa shape index (κ1) is 15.9. The summed E-state index contributed by atoms with van der Waals surface area (Å²) in [6, 6.07) is 0. The first-order valence-electron chi connectivity index (χ1n) is 7.11. The van der Waals surface area contributed by atoms with Crippen LogP contribution in [-0.2, 0) is 14.4 Å². The van der Waals surface area contributed by atoms with Crippen LogP contribution in [0.4, 0.5) is 0 Å². The summed E-state index contributed by atoms with van der Waals surface area (Å²) in [6.07, 6.45) is 3.44. The molecule has 108 valence electrons. The Balaban J connectivity index is 2.20. The number of rotatable bonds is 6. The van der Waals surface area contributed by atoms with Gasteiger partial charge in [-0.05, 0) is 12.8 Å². The molecule has 0 aliphatic carbocycles. The van der Waals surface area contributed by atoms with Crippen molar-refractivity contribution in [3.63, 3.8) is 0 Å². The van der Waals surface area contributed by atoms with Gasteiger partial charge in [0.05, 0.1) is 0 Å². The van der Waals surface area contributed by atoms with Gasteiger partial charge in [-0.25, -0.2) is 0 Å². The van der Waals surface area contributed by atoms with Crippen LogP contribution in [0.5, 0.6) is 0 Å². The van der Waals surface area contributed by atoms with E-state index in [0.717, 1.165) is 19.3 Å². The van der Waals surface area contributed by atoms with E-state index in [1.54, 1.807) is 6.92 Å². The van der Waals surface area contributed by atoms with E-state index >= 15 is 0 Å². The lowest BCUT2D eigenvalue weighted by atomic mass is 9.88. The lowest BCUT2D eigenvalue weighted by Crippen LogP contribution is -2.31. The Morgan fingerprint density at radius 1 is 1.21 bits per heavy atom. The molecule has 1 fully saturated rings.